The quantitative estimate of drug-likeness (QED) is 0.229. The van der Waals surface area contributed by atoms with Gasteiger partial charge in [-0.15, -0.1) is 0 Å². The Kier molecular flexibility index (Phi) is 5.49. The van der Waals surface area contributed by atoms with Crippen LogP contribution in [0.1, 0.15) is 0 Å². The Morgan fingerprint density at radius 2 is 0.878 bits per heavy atom. The van der Waals surface area contributed by atoms with Crippen molar-refractivity contribution >= 4 is 32.6 Å². The van der Waals surface area contributed by atoms with Gasteiger partial charge in [-0.1, -0.05) is 133 Å². The molecule has 0 saturated heterocycles. The molecule has 2 nitrogen and oxygen atoms in total. The summed E-state index contributed by atoms with van der Waals surface area (Å²) in [5.41, 5.74) is 11.0. The monoisotopic (exact) mass is 523 g/mol. The normalized spacial score (nSPS) is 11.4. The van der Waals surface area contributed by atoms with Gasteiger partial charge in [0.05, 0.1) is 0 Å². The Bertz CT molecular complexity index is 2180. The molecule has 0 radical (unpaired) electrons. The number of aromatic nitrogens is 1. The Morgan fingerprint density at radius 1 is 0.390 bits per heavy atom. The molecule has 0 saturated carbocycles. The van der Waals surface area contributed by atoms with Crippen molar-refractivity contribution in [1.82, 2.24) is 4.98 Å². The third kappa shape index (κ3) is 4.09. The number of hydrogen-bond acceptors (Lipinski definition) is 2. The number of rotatable bonds is 4. The van der Waals surface area contributed by atoms with Crippen molar-refractivity contribution < 1.29 is 4.42 Å². The van der Waals surface area contributed by atoms with Gasteiger partial charge in [0.25, 0.3) is 0 Å². The van der Waals surface area contributed by atoms with Crippen LogP contribution in [0, 0.1) is 0 Å². The average molecular weight is 524 g/mol. The molecule has 0 N–H and O–H groups in total. The van der Waals surface area contributed by atoms with Crippen LogP contribution >= 0.6 is 0 Å². The van der Waals surface area contributed by atoms with Crippen molar-refractivity contribution in [2.24, 2.45) is 0 Å². The molecule has 1 aromatic heterocycles. The van der Waals surface area contributed by atoms with Crippen LogP contribution in [0.4, 0.5) is 0 Å². The highest BCUT2D eigenvalue weighted by molar-refractivity contribution is 5.99. The molecular weight excluding hydrogens is 498 g/mol. The molecule has 192 valence electrons. The molecule has 0 amide bonds. The van der Waals surface area contributed by atoms with Crippen LogP contribution in [-0.2, 0) is 0 Å². The van der Waals surface area contributed by atoms with Gasteiger partial charge in [0, 0.05) is 5.56 Å². The first kappa shape index (κ1) is 23.4. The maximum absolute atomic E-state index is 5.81. The minimum absolute atomic E-state index is 0.786. The van der Waals surface area contributed by atoms with Crippen molar-refractivity contribution in [3.8, 4) is 44.5 Å². The summed E-state index contributed by atoms with van der Waals surface area (Å²) in [6.45, 7) is 0. The first-order valence-electron chi connectivity index (χ1n) is 13.9. The van der Waals surface area contributed by atoms with Crippen molar-refractivity contribution in [1.29, 1.82) is 0 Å². The predicted molar refractivity (Wildman–Crippen MR) is 171 cm³/mol. The number of hydrogen-bond donors (Lipinski definition) is 0. The second-order valence-corrected chi connectivity index (χ2v) is 10.4. The van der Waals surface area contributed by atoms with Crippen molar-refractivity contribution in [2.75, 3.05) is 0 Å². The molecule has 41 heavy (non-hydrogen) atoms. The molecule has 0 aliphatic rings. The van der Waals surface area contributed by atoms with E-state index in [0.717, 1.165) is 33.4 Å². The predicted octanol–water partition coefficient (Wildman–Crippen LogP) is 10.8. The third-order valence-electron chi connectivity index (χ3n) is 8.05. The van der Waals surface area contributed by atoms with Gasteiger partial charge in [-0.25, -0.2) is 4.98 Å². The fourth-order valence-corrected chi connectivity index (χ4v) is 5.98. The summed E-state index contributed by atoms with van der Waals surface area (Å²) in [5.74, 6) is 0. The Balaban J connectivity index is 1.18. The van der Waals surface area contributed by atoms with Gasteiger partial charge in [0.2, 0.25) is 0 Å². The average Bonchev–Trinajstić information content (AvgIpc) is 3.53. The molecule has 1 heterocycles. The summed E-state index contributed by atoms with van der Waals surface area (Å²) in [6, 6.07) is 51.9. The summed E-state index contributed by atoms with van der Waals surface area (Å²) >= 11 is 0. The Hall–Kier alpha value is -5.47. The van der Waals surface area contributed by atoms with E-state index in [4.69, 9.17) is 4.42 Å². The fourth-order valence-electron chi connectivity index (χ4n) is 5.98. The second-order valence-electron chi connectivity index (χ2n) is 10.4. The van der Waals surface area contributed by atoms with E-state index in [0.29, 0.717) is 0 Å². The van der Waals surface area contributed by atoms with Gasteiger partial charge < -0.3 is 4.42 Å². The Morgan fingerprint density at radius 3 is 1.46 bits per heavy atom. The van der Waals surface area contributed by atoms with Crippen LogP contribution in [0.25, 0.3) is 77.2 Å². The van der Waals surface area contributed by atoms with E-state index in [2.05, 4.69) is 151 Å². The lowest BCUT2D eigenvalue weighted by Gasteiger charge is -2.11. The highest BCUT2D eigenvalue weighted by Crippen LogP contribution is 2.37. The van der Waals surface area contributed by atoms with Crippen LogP contribution < -0.4 is 0 Å². The van der Waals surface area contributed by atoms with E-state index in [1.807, 2.05) is 0 Å². The summed E-state index contributed by atoms with van der Waals surface area (Å²) in [7, 11) is 0. The molecule has 7 aromatic carbocycles. The fraction of sp³-hybridized carbons (Fsp3) is 0. The van der Waals surface area contributed by atoms with E-state index in [-0.39, 0.29) is 0 Å². The van der Waals surface area contributed by atoms with Gasteiger partial charge in [-0.05, 0) is 72.6 Å². The number of benzene rings is 7. The van der Waals surface area contributed by atoms with E-state index in [1.165, 1.54) is 50.2 Å². The maximum Gasteiger partial charge on any atom is 0.182 e. The summed E-state index contributed by atoms with van der Waals surface area (Å²) in [6.07, 6.45) is 1.53. The molecule has 0 bridgehead atoms. The maximum atomic E-state index is 5.81. The summed E-state index contributed by atoms with van der Waals surface area (Å²) in [5, 5.41) is 5.02. The van der Waals surface area contributed by atoms with Gasteiger partial charge in [0.1, 0.15) is 5.52 Å². The molecule has 0 spiro atoms. The molecule has 8 aromatic rings. The number of oxazole rings is 1. The molecular formula is C39H25NO. The summed E-state index contributed by atoms with van der Waals surface area (Å²) < 4.78 is 5.81. The van der Waals surface area contributed by atoms with E-state index >= 15 is 0 Å². The minimum atomic E-state index is 0.786. The zero-order valence-electron chi connectivity index (χ0n) is 22.3. The number of nitrogens with zero attached hydrogens (tertiary/aromatic N) is 1. The highest BCUT2D eigenvalue weighted by Gasteiger charge is 2.13. The lowest BCUT2D eigenvalue weighted by Crippen LogP contribution is -1.87. The topological polar surface area (TPSA) is 26.0 Å². The van der Waals surface area contributed by atoms with Crippen molar-refractivity contribution in [3.05, 3.63) is 152 Å². The smallest absolute Gasteiger partial charge is 0.182 e. The van der Waals surface area contributed by atoms with Crippen LogP contribution in [0.2, 0.25) is 0 Å². The third-order valence-corrected chi connectivity index (χ3v) is 8.05. The Labute approximate surface area is 238 Å². The zero-order chi connectivity index (χ0) is 27.2. The second kappa shape index (κ2) is 9.62. The molecule has 0 aliphatic carbocycles. The standard InChI is InChI=1S/C39H25NO/c1-3-11-33-27(7-1)9-5-13-35(33)29-17-15-26(16-18-29)32-23-37(39-38(24-32)41-25-40-39)31-21-19-30(20-22-31)36-14-6-10-28-8-2-4-12-34(28)36/h1-25H. The summed E-state index contributed by atoms with van der Waals surface area (Å²) in [4.78, 5) is 4.57. The minimum Gasteiger partial charge on any atom is -0.443 e. The molecule has 0 atom stereocenters. The number of fused-ring (bicyclic) bond motifs is 3. The van der Waals surface area contributed by atoms with Gasteiger partial charge >= 0.3 is 0 Å². The molecule has 0 unspecified atom stereocenters. The SMILES string of the molecule is c1ccc2c(-c3ccc(-c4cc(-c5ccc(-c6cccc7ccccc67)cc5)c5ncoc5c4)cc3)cccc2c1. The van der Waals surface area contributed by atoms with E-state index < -0.39 is 0 Å². The molecule has 2 heteroatoms. The lowest BCUT2D eigenvalue weighted by molar-refractivity contribution is 0.602. The van der Waals surface area contributed by atoms with Gasteiger partial charge in [-0.2, -0.15) is 0 Å². The highest BCUT2D eigenvalue weighted by atomic mass is 16.3. The van der Waals surface area contributed by atoms with Crippen LogP contribution in [-0.4, -0.2) is 4.98 Å². The first-order chi connectivity index (χ1) is 20.3. The van der Waals surface area contributed by atoms with E-state index in [9.17, 15) is 0 Å². The van der Waals surface area contributed by atoms with Crippen LogP contribution in [0.3, 0.4) is 0 Å². The van der Waals surface area contributed by atoms with Crippen molar-refractivity contribution in [2.45, 2.75) is 0 Å². The van der Waals surface area contributed by atoms with Gasteiger partial charge in [0.15, 0.2) is 12.0 Å². The molecule has 8 rings (SSSR count). The molecule has 0 aliphatic heterocycles. The molecule has 0 fully saturated rings. The lowest BCUT2D eigenvalue weighted by atomic mass is 9.93. The van der Waals surface area contributed by atoms with Crippen LogP contribution in [0.15, 0.2) is 156 Å². The zero-order valence-corrected chi connectivity index (χ0v) is 22.3. The van der Waals surface area contributed by atoms with Crippen LogP contribution in [0.5, 0.6) is 0 Å². The largest absolute Gasteiger partial charge is 0.443 e. The van der Waals surface area contributed by atoms with Crippen molar-refractivity contribution in [3.63, 3.8) is 0 Å². The first-order valence-corrected chi connectivity index (χ1v) is 13.9. The van der Waals surface area contributed by atoms with Gasteiger partial charge in [-0.3, -0.25) is 0 Å². The van der Waals surface area contributed by atoms with E-state index in [1.54, 1.807) is 0 Å².